The molecule has 0 radical (unpaired) electrons. The second kappa shape index (κ2) is 44.7. The molecule has 0 aromatic heterocycles. The van der Waals surface area contributed by atoms with Crippen molar-refractivity contribution in [2.75, 3.05) is 98.7 Å². The molecule has 0 amide bonds. The van der Waals surface area contributed by atoms with Gasteiger partial charge in [-0.05, 0) is 66.6 Å². The fourth-order valence-corrected chi connectivity index (χ4v) is 6.87. The molecule has 0 spiro atoms. The Morgan fingerprint density at radius 3 is 1.16 bits per heavy atom. The summed E-state index contributed by atoms with van der Waals surface area (Å²) in [7, 11) is 0. The summed E-state index contributed by atoms with van der Waals surface area (Å²) in [5.41, 5.74) is 0. The summed E-state index contributed by atoms with van der Waals surface area (Å²) in [4.78, 5) is 2.11. The van der Waals surface area contributed by atoms with Crippen LogP contribution in [0.15, 0.2) is 0 Å². The van der Waals surface area contributed by atoms with Crippen LogP contribution >= 0.6 is 0 Å². The predicted octanol–water partition coefficient (Wildman–Crippen LogP) is 6.65. The summed E-state index contributed by atoms with van der Waals surface area (Å²) < 4.78 is 35.1. The minimum Gasteiger partial charge on any atom is -0.389 e. The predicted molar refractivity (Wildman–Crippen MR) is 250 cm³/mol. The second-order valence-electron chi connectivity index (χ2n) is 17.7. The number of ether oxygens (including phenoxy) is 6. The van der Waals surface area contributed by atoms with Gasteiger partial charge < -0.3 is 59.5 Å². The van der Waals surface area contributed by atoms with E-state index in [-0.39, 0.29) is 50.8 Å². The van der Waals surface area contributed by atoms with Crippen LogP contribution in [0.5, 0.6) is 0 Å². The van der Waals surface area contributed by atoms with E-state index in [1.807, 2.05) is 27.7 Å². The van der Waals surface area contributed by atoms with Gasteiger partial charge in [0, 0.05) is 26.2 Å². The van der Waals surface area contributed by atoms with E-state index >= 15 is 0 Å². The minimum atomic E-state index is -0.715. The van der Waals surface area contributed by atoms with E-state index in [0.717, 1.165) is 45.3 Å². The third-order valence-electron chi connectivity index (χ3n) is 10.6. The van der Waals surface area contributed by atoms with Crippen molar-refractivity contribution in [2.24, 2.45) is 0 Å². The summed E-state index contributed by atoms with van der Waals surface area (Å²) >= 11 is 0. The number of hydrogen-bond donors (Lipinski definition) is 6. The third-order valence-corrected chi connectivity index (χ3v) is 10.6. The van der Waals surface area contributed by atoms with Crippen LogP contribution in [0.3, 0.4) is 0 Å². The van der Waals surface area contributed by atoms with Crippen LogP contribution in [0.1, 0.15) is 164 Å². The Kier molecular flexibility index (Phi) is 44.3. The molecule has 0 aliphatic carbocycles. The van der Waals surface area contributed by atoms with Crippen molar-refractivity contribution in [2.45, 2.75) is 213 Å². The molecule has 61 heavy (non-hydrogen) atoms. The molecule has 0 aliphatic rings. The van der Waals surface area contributed by atoms with Crippen molar-refractivity contribution in [1.29, 1.82) is 0 Å². The number of aliphatic hydroxyl groups excluding tert-OH is 4. The zero-order chi connectivity index (χ0) is 45.2. The van der Waals surface area contributed by atoms with E-state index in [1.165, 1.54) is 89.9 Å². The first-order valence-electron chi connectivity index (χ1n) is 25.0. The molecule has 13 nitrogen and oxygen atoms in total. The lowest BCUT2D eigenvalue weighted by Crippen LogP contribution is -2.42. The molecule has 368 valence electrons. The Morgan fingerprint density at radius 2 is 0.705 bits per heavy atom. The van der Waals surface area contributed by atoms with Crippen molar-refractivity contribution < 1.29 is 48.8 Å². The number of hydrogen-bond acceptors (Lipinski definition) is 13. The van der Waals surface area contributed by atoms with Gasteiger partial charge in [0.05, 0.1) is 102 Å². The SMILES string of the molecule is CCCCCCCCNCC(O)COCC(C)OCC(C)OCC(O)CN(CCCCCCCC)CC(O)COCC(C)OCC(C)OCC(O)CNCCCCCCCC. The molecular formula is C48H101N3O10. The highest BCUT2D eigenvalue weighted by atomic mass is 16.6. The average Bonchev–Trinajstić information content (AvgIpc) is 3.23. The van der Waals surface area contributed by atoms with Gasteiger partial charge in [0.15, 0.2) is 0 Å². The van der Waals surface area contributed by atoms with Gasteiger partial charge in [0.1, 0.15) is 0 Å². The summed E-state index contributed by atoms with van der Waals surface area (Å²) in [5, 5.41) is 49.0. The number of aliphatic hydroxyl groups is 4. The molecule has 8 atom stereocenters. The molecule has 0 heterocycles. The van der Waals surface area contributed by atoms with Gasteiger partial charge in [0.25, 0.3) is 0 Å². The largest absolute Gasteiger partial charge is 0.389 e. The average molecular weight is 880 g/mol. The standard InChI is InChI=1S/C48H101N3O10/c1-8-11-14-17-20-23-26-49-29-45(52)37-56-33-41(4)59-36-44(7)61-40-48(55)32-51(28-25-22-19-16-13-10-3)31-47(54)38-57-34-42(5)58-35-43(6)60-39-46(53)30-50-27-24-21-18-15-12-9-2/h41-50,52-55H,8-40H2,1-7H3. The molecule has 13 heteroatoms. The summed E-state index contributed by atoms with van der Waals surface area (Å²) in [6.45, 7) is 21.2. The summed E-state index contributed by atoms with van der Waals surface area (Å²) in [6.07, 6.45) is 18.8. The van der Waals surface area contributed by atoms with E-state index in [9.17, 15) is 20.4 Å². The van der Waals surface area contributed by atoms with Gasteiger partial charge in [-0.15, -0.1) is 0 Å². The van der Waals surface area contributed by atoms with Gasteiger partial charge in [-0.3, -0.25) is 4.90 Å². The van der Waals surface area contributed by atoms with Crippen LogP contribution in [0.2, 0.25) is 0 Å². The van der Waals surface area contributed by atoms with Gasteiger partial charge in [-0.25, -0.2) is 0 Å². The number of nitrogens with one attached hydrogen (secondary N) is 2. The van der Waals surface area contributed by atoms with E-state index in [2.05, 4.69) is 36.3 Å². The molecule has 0 bridgehead atoms. The lowest BCUT2D eigenvalue weighted by molar-refractivity contribution is -0.0842. The first kappa shape index (κ1) is 60.5. The monoisotopic (exact) mass is 880 g/mol. The quantitative estimate of drug-likeness (QED) is 0.0361. The Balaban J connectivity index is 4.37. The van der Waals surface area contributed by atoms with Gasteiger partial charge >= 0.3 is 0 Å². The van der Waals surface area contributed by atoms with Crippen molar-refractivity contribution in [3.8, 4) is 0 Å². The van der Waals surface area contributed by atoms with Crippen molar-refractivity contribution in [3.05, 3.63) is 0 Å². The maximum Gasteiger partial charge on any atom is 0.0900 e. The van der Waals surface area contributed by atoms with E-state index in [4.69, 9.17) is 28.4 Å². The van der Waals surface area contributed by atoms with Gasteiger partial charge in [-0.2, -0.15) is 0 Å². The van der Waals surface area contributed by atoms with Crippen molar-refractivity contribution >= 4 is 0 Å². The highest BCUT2D eigenvalue weighted by Gasteiger charge is 2.19. The molecule has 0 aromatic carbocycles. The van der Waals surface area contributed by atoms with Crippen LogP contribution in [0.4, 0.5) is 0 Å². The molecule has 6 N–H and O–H groups in total. The maximum absolute atomic E-state index is 10.9. The molecule has 0 saturated carbocycles. The number of unbranched alkanes of at least 4 members (excludes halogenated alkanes) is 15. The van der Waals surface area contributed by atoms with Crippen molar-refractivity contribution in [1.82, 2.24) is 15.5 Å². The molecule has 0 aliphatic heterocycles. The first-order chi connectivity index (χ1) is 29.5. The Bertz CT molecular complexity index is 884. The maximum atomic E-state index is 10.9. The fraction of sp³-hybridized carbons (Fsp3) is 1.00. The van der Waals surface area contributed by atoms with E-state index in [1.54, 1.807) is 0 Å². The Hall–Kier alpha value is -0.520. The van der Waals surface area contributed by atoms with Gasteiger partial charge in [-0.1, -0.05) is 117 Å². The fourth-order valence-electron chi connectivity index (χ4n) is 6.87. The Morgan fingerprint density at radius 1 is 0.377 bits per heavy atom. The van der Waals surface area contributed by atoms with Crippen LogP contribution < -0.4 is 10.6 Å². The van der Waals surface area contributed by atoms with Gasteiger partial charge in [0.2, 0.25) is 0 Å². The number of rotatable bonds is 49. The molecular weight excluding hydrogens is 779 g/mol. The third kappa shape index (κ3) is 43.2. The smallest absolute Gasteiger partial charge is 0.0900 e. The van der Waals surface area contributed by atoms with Crippen LogP contribution in [0, 0.1) is 0 Å². The zero-order valence-corrected chi connectivity index (χ0v) is 40.6. The highest BCUT2D eigenvalue weighted by Crippen LogP contribution is 2.10. The molecule has 0 rings (SSSR count). The summed E-state index contributed by atoms with van der Waals surface area (Å²) in [5.74, 6) is 0. The summed E-state index contributed by atoms with van der Waals surface area (Å²) in [6, 6.07) is 0. The molecule has 0 saturated heterocycles. The normalized spacial score (nSPS) is 16.1. The number of nitrogens with zero attached hydrogens (tertiary/aromatic N) is 1. The van der Waals surface area contributed by atoms with Crippen molar-refractivity contribution in [3.63, 3.8) is 0 Å². The molecule has 0 aromatic rings. The lowest BCUT2D eigenvalue weighted by atomic mass is 10.1. The molecule has 8 unspecified atom stereocenters. The Labute approximate surface area is 375 Å². The molecule has 0 fully saturated rings. The van der Waals surface area contributed by atoms with E-state index < -0.39 is 24.4 Å². The topological polar surface area (TPSA) is 164 Å². The minimum absolute atomic E-state index is 0.153. The van der Waals surface area contributed by atoms with Crippen LogP contribution in [-0.4, -0.2) is 173 Å². The van der Waals surface area contributed by atoms with Crippen LogP contribution in [-0.2, 0) is 28.4 Å². The lowest BCUT2D eigenvalue weighted by Gasteiger charge is -2.28. The second-order valence-corrected chi connectivity index (χ2v) is 17.7. The van der Waals surface area contributed by atoms with Crippen LogP contribution in [0.25, 0.3) is 0 Å². The first-order valence-corrected chi connectivity index (χ1v) is 25.0. The highest BCUT2D eigenvalue weighted by molar-refractivity contribution is 4.70. The van der Waals surface area contributed by atoms with E-state index in [0.29, 0.717) is 52.6 Å². The zero-order valence-electron chi connectivity index (χ0n) is 40.6.